The third kappa shape index (κ3) is 3.77. The van der Waals surface area contributed by atoms with Crippen molar-refractivity contribution in [1.82, 2.24) is 4.90 Å². The molecular formula is C22H19N3O2S. The number of carbonyl (C=O) groups is 2. The summed E-state index contributed by atoms with van der Waals surface area (Å²) >= 11 is 1.33. The molecule has 1 aliphatic heterocycles. The minimum Gasteiger partial charge on any atom is -0.325 e. The van der Waals surface area contributed by atoms with Crippen molar-refractivity contribution >= 4 is 50.9 Å². The number of hydrogen-bond donors (Lipinski definition) is 1. The van der Waals surface area contributed by atoms with Crippen LogP contribution in [-0.2, 0) is 9.59 Å². The lowest BCUT2D eigenvalue weighted by Gasteiger charge is -2.11. The molecule has 28 heavy (non-hydrogen) atoms. The van der Waals surface area contributed by atoms with Crippen LogP contribution in [0.3, 0.4) is 0 Å². The summed E-state index contributed by atoms with van der Waals surface area (Å²) in [6.45, 7) is 0. The molecule has 1 atom stereocenters. The molecule has 2 amide bonds. The van der Waals surface area contributed by atoms with Gasteiger partial charge in [-0.25, -0.2) is 4.99 Å². The molecule has 1 saturated heterocycles. The first-order chi connectivity index (χ1) is 13.6. The molecule has 0 saturated carbocycles. The van der Waals surface area contributed by atoms with E-state index in [1.54, 1.807) is 7.05 Å². The molecule has 4 rings (SSSR count). The van der Waals surface area contributed by atoms with E-state index in [0.717, 1.165) is 22.1 Å². The van der Waals surface area contributed by atoms with Gasteiger partial charge in [-0.3, -0.25) is 14.5 Å². The number of fused-ring (bicyclic) bond motifs is 1. The van der Waals surface area contributed by atoms with Gasteiger partial charge in [0.25, 0.3) is 0 Å². The lowest BCUT2D eigenvalue weighted by atomic mass is 10.1. The molecule has 1 N–H and O–H groups in total. The van der Waals surface area contributed by atoms with Crippen molar-refractivity contribution in [2.24, 2.45) is 4.99 Å². The van der Waals surface area contributed by atoms with Crippen molar-refractivity contribution in [3.05, 3.63) is 72.8 Å². The molecular weight excluding hydrogens is 370 g/mol. The number of thioether (sulfide) groups is 1. The van der Waals surface area contributed by atoms with E-state index in [1.807, 2.05) is 72.8 Å². The van der Waals surface area contributed by atoms with E-state index < -0.39 is 5.25 Å². The summed E-state index contributed by atoms with van der Waals surface area (Å²) < 4.78 is 0. The molecule has 0 aliphatic carbocycles. The Morgan fingerprint density at radius 2 is 1.75 bits per heavy atom. The minimum atomic E-state index is -0.470. The summed E-state index contributed by atoms with van der Waals surface area (Å²) in [6, 6.07) is 23.1. The third-order valence-corrected chi connectivity index (χ3v) is 5.78. The van der Waals surface area contributed by atoms with Crippen LogP contribution in [0.2, 0.25) is 0 Å². The lowest BCUT2D eigenvalue weighted by molar-refractivity contribution is -0.127. The van der Waals surface area contributed by atoms with Crippen molar-refractivity contribution in [2.45, 2.75) is 11.7 Å². The van der Waals surface area contributed by atoms with E-state index in [2.05, 4.69) is 10.3 Å². The Balaban J connectivity index is 1.47. The van der Waals surface area contributed by atoms with Crippen LogP contribution in [-0.4, -0.2) is 34.2 Å². The molecule has 3 aromatic rings. The van der Waals surface area contributed by atoms with Crippen LogP contribution in [0.1, 0.15) is 6.42 Å². The van der Waals surface area contributed by atoms with Gasteiger partial charge in [0.2, 0.25) is 11.8 Å². The Morgan fingerprint density at radius 1 is 1.04 bits per heavy atom. The van der Waals surface area contributed by atoms with Crippen LogP contribution in [0.25, 0.3) is 10.8 Å². The second-order valence-corrected chi connectivity index (χ2v) is 7.68. The van der Waals surface area contributed by atoms with E-state index >= 15 is 0 Å². The first kappa shape index (κ1) is 18.3. The Bertz CT molecular complexity index is 1060. The molecule has 0 aromatic heterocycles. The molecule has 0 radical (unpaired) electrons. The molecule has 0 bridgehead atoms. The third-order valence-electron chi connectivity index (χ3n) is 4.56. The average molecular weight is 389 g/mol. The lowest BCUT2D eigenvalue weighted by Crippen LogP contribution is -2.30. The van der Waals surface area contributed by atoms with Gasteiger partial charge in [0.1, 0.15) is 5.25 Å². The van der Waals surface area contributed by atoms with Gasteiger partial charge in [0, 0.05) is 24.5 Å². The Labute approximate surface area is 167 Å². The van der Waals surface area contributed by atoms with Crippen molar-refractivity contribution < 1.29 is 9.59 Å². The topological polar surface area (TPSA) is 61.8 Å². The predicted molar refractivity (Wildman–Crippen MR) is 115 cm³/mol. The maximum atomic E-state index is 12.6. The van der Waals surface area contributed by atoms with Crippen LogP contribution in [0.5, 0.6) is 0 Å². The zero-order valence-corrected chi connectivity index (χ0v) is 16.1. The molecule has 6 heteroatoms. The SMILES string of the molecule is CN1C(=O)C(CC(=O)Nc2cccc3ccccc23)SC1=Nc1ccccc1. The average Bonchev–Trinajstić information content (AvgIpc) is 2.97. The number of amidine groups is 1. The summed E-state index contributed by atoms with van der Waals surface area (Å²) in [6.07, 6.45) is 0.102. The highest BCUT2D eigenvalue weighted by molar-refractivity contribution is 8.15. The number of benzene rings is 3. The highest BCUT2D eigenvalue weighted by Gasteiger charge is 2.37. The van der Waals surface area contributed by atoms with Crippen LogP contribution in [0.15, 0.2) is 77.8 Å². The number of hydrogen-bond acceptors (Lipinski definition) is 4. The number of anilines is 1. The van der Waals surface area contributed by atoms with E-state index in [-0.39, 0.29) is 18.2 Å². The van der Waals surface area contributed by atoms with Crippen molar-refractivity contribution in [2.75, 3.05) is 12.4 Å². The van der Waals surface area contributed by atoms with E-state index in [4.69, 9.17) is 0 Å². The van der Waals surface area contributed by atoms with Gasteiger partial charge in [-0.1, -0.05) is 66.4 Å². The molecule has 1 heterocycles. The Hall–Kier alpha value is -3.12. The van der Waals surface area contributed by atoms with Gasteiger partial charge in [-0.15, -0.1) is 0 Å². The van der Waals surface area contributed by atoms with Crippen LogP contribution >= 0.6 is 11.8 Å². The smallest absolute Gasteiger partial charge is 0.242 e. The maximum absolute atomic E-state index is 12.6. The molecule has 140 valence electrons. The van der Waals surface area contributed by atoms with Crippen molar-refractivity contribution in [1.29, 1.82) is 0 Å². The number of carbonyl (C=O) groups excluding carboxylic acids is 2. The molecule has 5 nitrogen and oxygen atoms in total. The second-order valence-electron chi connectivity index (χ2n) is 6.51. The summed E-state index contributed by atoms with van der Waals surface area (Å²) in [5, 5.41) is 5.13. The number of amides is 2. The quantitative estimate of drug-likeness (QED) is 0.718. The number of rotatable bonds is 4. The highest BCUT2D eigenvalue weighted by atomic mass is 32.2. The van der Waals surface area contributed by atoms with Gasteiger partial charge in [-0.05, 0) is 23.6 Å². The number of nitrogens with zero attached hydrogens (tertiary/aromatic N) is 2. The maximum Gasteiger partial charge on any atom is 0.242 e. The molecule has 1 aliphatic rings. The summed E-state index contributed by atoms with van der Waals surface area (Å²) in [7, 11) is 1.69. The second kappa shape index (κ2) is 7.86. The van der Waals surface area contributed by atoms with Crippen molar-refractivity contribution in [3.8, 4) is 0 Å². The fourth-order valence-electron chi connectivity index (χ4n) is 3.11. The number of aliphatic imine (C=N–C) groups is 1. The summed E-state index contributed by atoms with van der Waals surface area (Å²) in [4.78, 5) is 31.2. The first-order valence-corrected chi connectivity index (χ1v) is 9.85. The normalized spacial score (nSPS) is 18.0. The standard InChI is InChI=1S/C22H19N3O2S/c1-25-21(27)19(28-22(25)23-16-10-3-2-4-11-16)14-20(26)24-18-13-7-9-15-8-5-6-12-17(15)18/h2-13,19H,14H2,1H3,(H,24,26). The van der Waals surface area contributed by atoms with Gasteiger partial charge < -0.3 is 5.32 Å². The summed E-state index contributed by atoms with van der Waals surface area (Å²) in [5.74, 6) is -0.288. The van der Waals surface area contributed by atoms with Gasteiger partial charge in [0.05, 0.1) is 5.69 Å². The zero-order valence-electron chi connectivity index (χ0n) is 15.3. The monoisotopic (exact) mass is 389 g/mol. The Kier molecular flexibility index (Phi) is 5.12. The van der Waals surface area contributed by atoms with Gasteiger partial charge in [0.15, 0.2) is 5.17 Å². The summed E-state index contributed by atoms with van der Waals surface area (Å²) in [5.41, 5.74) is 1.54. The predicted octanol–water partition coefficient (Wildman–Crippen LogP) is 4.43. The van der Waals surface area contributed by atoms with Crippen LogP contribution < -0.4 is 5.32 Å². The minimum absolute atomic E-state index is 0.102. The highest BCUT2D eigenvalue weighted by Crippen LogP contribution is 2.31. The zero-order chi connectivity index (χ0) is 19.5. The Morgan fingerprint density at radius 3 is 2.57 bits per heavy atom. The number of para-hydroxylation sites is 1. The fraction of sp³-hybridized carbons (Fsp3) is 0.136. The first-order valence-electron chi connectivity index (χ1n) is 8.97. The fourth-order valence-corrected chi connectivity index (χ4v) is 4.27. The van der Waals surface area contributed by atoms with Crippen molar-refractivity contribution in [3.63, 3.8) is 0 Å². The van der Waals surface area contributed by atoms with E-state index in [9.17, 15) is 9.59 Å². The van der Waals surface area contributed by atoms with Gasteiger partial charge in [-0.2, -0.15) is 0 Å². The van der Waals surface area contributed by atoms with Crippen LogP contribution in [0.4, 0.5) is 11.4 Å². The number of nitrogens with one attached hydrogen (secondary N) is 1. The molecule has 1 fully saturated rings. The molecule has 3 aromatic carbocycles. The molecule has 1 unspecified atom stereocenters. The van der Waals surface area contributed by atoms with E-state index in [0.29, 0.717) is 5.17 Å². The largest absolute Gasteiger partial charge is 0.325 e. The van der Waals surface area contributed by atoms with Gasteiger partial charge >= 0.3 is 0 Å². The molecule has 0 spiro atoms. The van der Waals surface area contributed by atoms with Crippen LogP contribution in [0, 0.1) is 0 Å². The van der Waals surface area contributed by atoms with E-state index in [1.165, 1.54) is 16.7 Å².